The van der Waals surface area contributed by atoms with Crippen molar-refractivity contribution in [1.29, 1.82) is 0 Å². The molecule has 1 N–H and O–H groups in total. The lowest BCUT2D eigenvalue weighted by Crippen LogP contribution is -2.21. The molecule has 0 bridgehead atoms. The minimum Gasteiger partial charge on any atom is -0.317 e. The van der Waals surface area contributed by atoms with Crippen molar-refractivity contribution >= 4 is 0 Å². The standard InChI is InChI=1S/C15H26N2/c1-4-16-11-5-6-12-17(3)13-15-9-7-14(2)8-10-15/h7-10,16H,4-6,11-13H2,1-3H3. The van der Waals surface area contributed by atoms with Crippen LogP contribution in [0, 0.1) is 6.92 Å². The Balaban J connectivity index is 2.16. The summed E-state index contributed by atoms with van der Waals surface area (Å²) in [7, 11) is 2.20. The third-order valence-electron chi connectivity index (χ3n) is 2.97. The van der Waals surface area contributed by atoms with Crippen LogP contribution in [0.15, 0.2) is 24.3 Å². The van der Waals surface area contributed by atoms with Crippen LogP contribution < -0.4 is 5.32 Å². The molecule has 0 aromatic heterocycles. The van der Waals surface area contributed by atoms with Gasteiger partial charge in [-0.05, 0) is 52.0 Å². The molecule has 0 unspecified atom stereocenters. The Hall–Kier alpha value is -0.860. The summed E-state index contributed by atoms with van der Waals surface area (Å²) in [6, 6.07) is 8.83. The zero-order chi connectivity index (χ0) is 12.5. The molecule has 0 saturated carbocycles. The summed E-state index contributed by atoms with van der Waals surface area (Å²) < 4.78 is 0. The highest BCUT2D eigenvalue weighted by Crippen LogP contribution is 2.06. The Morgan fingerprint density at radius 3 is 2.47 bits per heavy atom. The first-order valence-corrected chi connectivity index (χ1v) is 6.67. The van der Waals surface area contributed by atoms with Gasteiger partial charge in [0.25, 0.3) is 0 Å². The van der Waals surface area contributed by atoms with Crippen LogP contribution in [-0.4, -0.2) is 31.6 Å². The van der Waals surface area contributed by atoms with E-state index in [1.807, 2.05) is 0 Å². The molecule has 0 saturated heterocycles. The zero-order valence-corrected chi connectivity index (χ0v) is 11.5. The molecule has 0 radical (unpaired) electrons. The van der Waals surface area contributed by atoms with Gasteiger partial charge < -0.3 is 10.2 Å². The van der Waals surface area contributed by atoms with Crippen LogP contribution in [0.2, 0.25) is 0 Å². The van der Waals surface area contributed by atoms with E-state index in [9.17, 15) is 0 Å². The number of nitrogens with one attached hydrogen (secondary N) is 1. The second-order valence-electron chi connectivity index (χ2n) is 4.78. The average Bonchev–Trinajstić information content (AvgIpc) is 2.32. The smallest absolute Gasteiger partial charge is 0.0230 e. The summed E-state index contributed by atoms with van der Waals surface area (Å²) >= 11 is 0. The van der Waals surface area contributed by atoms with E-state index < -0.39 is 0 Å². The van der Waals surface area contributed by atoms with E-state index in [0.717, 1.165) is 19.6 Å². The third-order valence-corrected chi connectivity index (χ3v) is 2.97. The predicted octanol–water partition coefficient (Wildman–Crippen LogP) is 2.82. The van der Waals surface area contributed by atoms with Gasteiger partial charge in [-0.2, -0.15) is 0 Å². The van der Waals surface area contributed by atoms with E-state index in [1.165, 1.54) is 30.5 Å². The molecule has 0 amide bonds. The van der Waals surface area contributed by atoms with Gasteiger partial charge in [-0.15, -0.1) is 0 Å². The normalized spacial score (nSPS) is 11.1. The zero-order valence-electron chi connectivity index (χ0n) is 11.5. The lowest BCUT2D eigenvalue weighted by molar-refractivity contribution is 0.318. The molecule has 0 spiro atoms. The largest absolute Gasteiger partial charge is 0.317 e. The molecular weight excluding hydrogens is 208 g/mol. The van der Waals surface area contributed by atoms with Crippen molar-refractivity contribution in [3.05, 3.63) is 35.4 Å². The Labute approximate surface area is 106 Å². The number of aryl methyl sites for hydroxylation is 1. The van der Waals surface area contributed by atoms with E-state index in [1.54, 1.807) is 0 Å². The Bertz CT molecular complexity index is 292. The second-order valence-corrected chi connectivity index (χ2v) is 4.78. The van der Waals surface area contributed by atoms with Crippen LogP contribution in [0.4, 0.5) is 0 Å². The van der Waals surface area contributed by atoms with Gasteiger partial charge in [0.15, 0.2) is 0 Å². The number of hydrogen-bond acceptors (Lipinski definition) is 2. The highest BCUT2D eigenvalue weighted by molar-refractivity contribution is 5.21. The second kappa shape index (κ2) is 8.26. The predicted molar refractivity (Wildman–Crippen MR) is 75.3 cm³/mol. The Morgan fingerprint density at radius 2 is 1.82 bits per heavy atom. The molecule has 1 rings (SSSR count). The fourth-order valence-corrected chi connectivity index (χ4v) is 1.89. The van der Waals surface area contributed by atoms with Crippen molar-refractivity contribution < 1.29 is 0 Å². The molecule has 1 aromatic rings. The van der Waals surface area contributed by atoms with E-state index in [-0.39, 0.29) is 0 Å². The lowest BCUT2D eigenvalue weighted by atomic mass is 10.1. The van der Waals surface area contributed by atoms with Gasteiger partial charge in [0.1, 0.15) is 0 Å². The van der Waals surface area contributed by atoms with Gasteiger partial charge in [-0.1, -0.05) is 36.8 Å². The maximum absolute atomic E-state index is 3.36. The van der Waals surface area contributed by atoms with Gasteiger partial charge in [-0.3, -0.25) is 0 Å². The topological polar surface area (TPSA) is 15.3 Å². The summed E-state index contributed by atoms with van der Waals surface area (Å²) in [5.41, 5.74) is 2.74. The van der Waals surface area contributed by atoms with Crippen LogP contribution in [0.25, 0.3) is 0 Å². The number of benzene rings is 1. The maximum Gasteiger partial charge on any atom is 0.0230 e. The number of hydrogen-bond donors (Lipinski definition) is 1. The van der Waals surface area contributed by atoms with Crippen LogP contribution in [-0.2, 0) is 6.54 Å². The van der Waals surface area contributed by atoms with Gasteiger partial charge in [0.05, 0.1) is 0 Å². The number of rotatable bonds is 8. The van der Waals surface area contributed by atoms with Crippen molar-refractivity contribution in [2.24, 2.45) is 0 Å². The molecule has 17 heavy (non-hydrogen) atoms. The summed E-state index contributed by atoms with van der Waals surface area (Å²) in [6.45, 7) is 8.76. The first kappa shape index (κ1) is 14.2. The van der Waals surface area contributed by atoms with Gasteiger partial charge in [0.2, 0.25) is 0 Å². The van der Waals surface area contributed by atoms with Gasteiger partial charge in [0, 0.05) is 6.54 Å². The lowest BCUT2D eigenvalue weighted by Gasteiger charge is -2.16. The molecule has 2 heteroatoms. The first-order valence-electron chi connectivity index (χ1n) is 6.67. The highest BCUT2D eigenvalue weighted by Gasteiger charge is 1.99. The van der Waals surface area contributed by atoms with Crippen molar-refractivity contribution in [3.63, 3.8) is 0 Å². The minimum absolute atomic E-state index is 1.06. The quantitative estimate of drug-likeness (QED) is 0.696. The molecule has 0 aliphatic heterocycles. The summed E-state index contributed by atoms with van der Waals surface area (Å²) in [5.74, 6) is 0. The summed E-state index contributed by atoms with van der Waals surface area (Å²) in [5, 5.41) is 3.36. The van der Waals surface area contributed by atoms with E-state index in [2.05, 4.69) is 55.4 Å². The van der Waals surface area contributed by atoms with Crippen LogP contribution >= 0.6 is 0 Å². The van der Waals surface area contributed by atoms with E-state index >= 15 is 0 Å². The van der Waals surface area contributed by atoms with Crippen molar-refractivity contribution in [3.8, 4) is 0 Å². The third kappa shape index (κ3) is 6.44. The molecule has 1 aromatic carbocycles. The molecule has 2 nitrogen and oxygen atoms in total. The van der Waals surface area contributed by atoms with Crippen LogP contribution in [0.5, 0.6) is 0 Å². The molecule has 0 atom stereocenters. The van der Waals surface area contributed by atoms with Crippen molar-refractivity contribution in [2.45, 2.75) is 33.2 Å². The number of unbranched alkanes of at least 4 members (excludes halogenated alkanes) is 1. The Morgan fingerprint density at radius 1 is 1.12 bits per heavy atom. The van der Waals surface area contributed by atoms with Crippen molar-refractivity contribution in [1.82, 2.24) is 10.2 Å². The molecule has 0 aliphatic rings. The summed E-state index contributed by atoms with van der Waals surface area (Å²) in [6.07, 6.45) is 2.54. The van der Waals surface area contributed by atoms with Gasteiger partial charge in [-0.25, -0.2) is 0 Å². The average molecular weight is 234 g/mol. The van der Waals surface area contributed by atoms with Gasteiger partial charge >= 0.3 is 0 Å². The Kier molecular flexibility index (Phi) is 6.90. The first-order chi connectivity index (χ1) is 8.22. The fourth-order valence-electron chi connectivity index (χ4n) is 1.89. The minimum atomic E-state index is 1.06. The summed E-state index contributed by atoms with van der Waals surface area (Å²) in [4.78, 5) is 2.40. The molecule has 0 heterocycles. The van der Waals surface area contributed by atoms with E-state index in [0.29, 0.717) is 0 Å². The molecule has 0 aliphatic carbocycles. The molecule has 96 valence electrons. The van der Waals surface area contributed by atoms with Crippen LogP contribution in [0.1, 0.15) is 30.9 Å². The fraction of sp³-hybridized carbons (Fsp3) is 0.600. The number of nitrogens with zero attached hydrogens (tertiary/aromatic N) is 1. The highest BCUT2D eigenvalue weighted by atomic mass is 15.1. The molecule has 0 fully saturated rings. The van der Waals surface area contributed by atoms with Crippen molar-refractivity contribution in [2.75, 3.05) is 26.7 Å². The monoisotopic (exact) mass is 234 g/mol. The maximum atomic E-state index is 3.36. The molecular formula is C15H26N2. The van der Waals surface area contributed by atoms with Crippen LogP contribution in [0.3, 0.4) is 0 Å². The van der Waals surface area contributed by atoms with E-state index in [4.69, 9.17) is 0 Å². The SMILES string of the molecule is CCNCCCCN(C)Cc1ccc(C)cc1.